The fourth-order valence-corrected chi connectivity index (χ4v) is 6.67. The van der Waals surface area contributed by atoms with Gasteiger partial charge in [-0.2, -0.15) is 0 Å². The van der Waals surface area contributed by atoms with Crippen molar-refractivity contribution in [2.24, 2.45) is 0 Å². The second-order valence-corrected chi connectivity index (χ2v) is 13.0. The molecule has 0 saturated heterocycles. The Morgan fingerprint density at radius 2 is 1.39 bits per heavy atom. The summed E-state index contributed by atoms with van der Waals surface area (Å²) in [5, 5.41) is 10.5. The van der Waals surface area contributed by atoms with Crippen molar-refractivity contribution in [3.63, 3.8) is 0 Å². The lowest BCUT2D eigenvalue weighted by molar-refractivity contribution is 0.467. The molecule has 2 N–H and O–H groups in total. The number of nitrogens with zero attached hydrogens (tertiary/aromatic N) is 4. The molecular formula is C35H39N5O3S. The van der Waals surface area contributed by atoms with Crippen LogP contribution in [0.3, 0.4) is 0 Å². The average Bonchev–Trinajstić information content (AvgIpc) is 3.39. The van der Waals surface area contributed by atoms with Crippen LogP contribution in [0.2, 0.25) is 0 Å². The summed E-state index contributed by atoms with van der Waals surface area (Å²) in [5.41, 5.74) is 7.38. The molecule has 1 heterocycles. The highest BCUT2D eigenvalue weighted by Crippen LogP contribution is 2.41. The molecule has 8 nitrogen and oxygen atoms in total. The fraction of sp³-hybridized carbons (Fsp3) is 0.229. The molecular weight excluding hydrogens is 570 g/mol. The molecule has 0 amide bonds. The molecule has 0 saturated carbocycles. The standard InChI is InChI=1S/C35H39N5O3S/c1-8-40-33(25-14-16-28(17-15-25)38(4)5)32(36-35(40)26-20-23(2)34(41)24(3)21-26)30-19-18-29(39(6)7)22-31(30)44(42,43)37-27-12-10-9-11-13-27/h9-22,37,41H,8H2,1-7H3. The maximum atomic E-state index is 14.1. The average molecular weight is 610 g/mol. The van der Waals surface area contributed by atoms with Gasteiger partial charge in [-0.15, -0.1) is 0 Å². The number of hydrogen-bond donors (Lipinski definition) is 2. The van der Waals surface area contributed by atoms with E-state index in [0.29, 0.717) is 29.3 Å². The highest BCUT2D eigenvalue weighted by molar-refractivity contribution is 7.92. The van der Waals surface area contributed by atoms with E-state index < -0.39 is 10.0 Å². The van der Waals surface area contributed by atoms with Gasteiger partial charge in [-0.1, -0.05) is 30.3 Å². The number of aromatic hydroxyl groups is 1. The number of phenolic OH excluding ortho intramolecular Hbond substituents is 1. The van der Waals surface area contributed by atoms with E-state index in [0.717, 1.165) is 39.3 Å². The van der Waals surface area contributed by atoms with Gasteiger partial charge in [0.1, 0.15) is 11.6 Å². The number of para-hydroxylation sites is 1. The van der Waals surface area contributed by atoms with Gasteiger partial charge >= 0.3 is 0 Å². The van der Waals surface area contributed by atoms with Crippen LogP contribution in [0.1, 0.15) is 18.1 Å². The molecule has 0 unspecified atom stereocenters. The Hall–Kier alpha value is -4.76. The lowest BCUT2D eigenvalue weighted by atomic mass is 10.0. The quantitative estimate of drug-likeness (QED) is 0.184. The van der Waals surface area contributed by atoms with Gasteiger partial charge in [0.05, 0.1) is 16.3 Å². The number of aromatic nitrogens is 2. The number of benzene rings is 4. The van der Waals surface area contributed by atoms with E-state index in [1.165, 1.54) is 0 Å². The molecule has 4 aromatic carbocycles. The van der Waals surface area contributed by atoms with Crippen LogP contribution in [0.4, 0.5) is 17.1 Å². The van der Waals surface area contributed by atoms with Crippen LogP contribution in [-0.2, 0) is 16.6 Å². The molecule has 0 radical (unpaired) electrons. The normalized spacial score (nSPS) is 11.4. The maximum Gasteiger partial charge on any atom is 0.262 e. The number of hydrogen-bond acceptors (Lipinski definition) is 6. The summed E-state index contributed by atoms with van der Waals surface area (Å²) in [7, 11) is 3.73. The van der Waals surface area contributed by atoms with Crippen molar-refractivity contribution in [2.45, 2.75) is 32.2 Å². The summed E-state index contributed by atoms with van der Waals surface area (Å²) < 4.78 is 33.1. The fourth-order valence-electron chi connectivity index (χ4n) is 5.39. The Morgan fingerprint density at radius 3 is 1.95 bits per heavy atom. The van der Waals surface area contributed by atoms with E-state index in [4.69, 9.17) is 4.98 Å². The highest BCUT2D eigenvalue weighted by atomic mass is 32.2. The minimum atomic E-state index is -4.02. The van der Waals surface area contributed by atoms with Crippen molar-refractivity contribution >= 4 is 27.1 Å². The Bertz CT molecular complexity index is 1890. The van der Waals surface area contributed by atoms with Crippen molar-refractivity contribution in [1.82, 2.24) is 9.55 Å². The number of nitrogens with one attached hydrogen (secondary N) is 1. The maximum absolute atomic E-state index is 14.1. The smallest absolute Gasteiger partial charge is 0.262 e. The molecule has 0 aliphatic heterocycles. The predicted molar refractivity (Wildman–Crippen MR) is 181 cm³/mol. The molecule has 0 fully saturated rings. The third-order valence-electron chi connectivity index (χ3n) is 7.74. The molecule has 5 aromatic rings. The molecule has 0 aliphatic rings. The zero-order valence-corrected chi connectivity index (χ0v) is 27.1. The lowest BCUT2D eigenvalue weighted by Gasteiger charge is -2.18. The van der Waals surface area contributed by atoms with E-state index in [2.05, 4.69) is 16.2 Å². The number of anilines is 3. The van der Waals surface area contributed by atoms with Gasteiger partial charge in [0.2, 0.25) is 0 Å². The van der Waals surface area contributed by atoms with E-state index >= 15 is 0 Å². The van der Waals surface area contributed by atoms with Gasteiger partial charge in [0, 0.05) is 68.5 Å². The molecule has 0 atom stereocenters. The van der Waals surface area contributed by atoms with Crippen LogP contribution in [0.5, 0.6) is 5.75 Å². The van der Waals surface area contributed by atoms with Crippen molar-refractivity contribution < 1.29 is 13.5 Å². The number of aryl methyl sites for hydroxylation is 2. The minimum absolute atomic E-state index is 0.129. The van der Waals surface area contributed by atoms with Crippen LogP contribution in [-0.4, -0.2) is 51.3 Å². The number of sulfonamides is 1. The third kappa shape index (κ3) is 5.88. The Kier molecular flexibility index (Phi) is 8.43. The largest absolute Gasteiger partial charge is 0.507 e. The minimum Gasteiger partial charge on any atom is -0.507 e. The van der Waals surface area contributed by atoms with Gasteiger partial charge in [0.25, 0.3) is 10.0 Å². The Balaban J connectivity index is 1.83. The second-order valence-electron chi connectivity index (χ2n) is 11.3. The summed E-state index contributed by atoms with van der Waals surface area (Å²) in [6.07, 6.45) is 0. The van der Waals surface area contributed by atoms with Crippen molar-refractivity contribution in [3.05, 3.63) is 96.1 Å². The topological polar surface area (TPSA) is 90.7 Å². The van der Waals surface area contributed by atoms with Crippen molar-refractivity contribution in [1.29, 1.82) is 0 Å². The monoisotopic (exact) mass is 609 g/mol. The second kappa shape index (κ2) is 12.1. The number of imidazole rings is 1. The first kappa shape index (κ1) is 30.7. The summed E-state index contributed by atoms with van der Waals surface area (Å²) in [4.78, 5) is 9.23. The van der Waals surface area contributed by atoms with Crippen LogP contribution in [0, 0.1) is 13.8 Å². The zero-order chi connectivity index (χ0) is 31.8. The highest BCUT2D eigenvalue weighted by Gasteiger charge is 2.28. The summed E-state index contributed by atoms with van der Waals surface area (Å²) in [6.45, 7) is 6.38. The van der Waals surface area contributed by atoms with E-state index in [1.807, 2.05) is 106 Å². The summed E-state index contributed by atoms with van der Waals surface area (Å²) in [6, 6.07) is 26.3. The molecule has 0 aliphatic carbocycles. The molecule has 44 heavy (non-hydrogen) atoms. The first-order valence-corrected chi connectivity index (χ1v) is 16.0. The van der Waals surface area contributed by atoms with E-state index in [9.17, 15) is 13.5 Å². The molecule has 5 rings (SSSR count). The van der Waals surface area contributed by atoms with Gasteiger partial charge < -0.3 is 19.5 Å². The first-order valence-electron chi connectivity index (χ1n) is 14.5. The Labute approximate surface area is 260 Å². The first-order chi connectivity index (χ1) is 20.9. The summed E-state index contributed by atoms with van der Waals surface area (Å²) in [5.74, 6) is 0.944. The van der Waals surface area contributed by atoms with Gasteiger partial charge in [0.15, 0.2) is 0 Å². The number of phenols is 1. The lowest BCUT2D eigenvalue weighted by Crippen LogP contribution is -2.16. The van der Waals surface area contributed by atoms with Gasteiger partial charge in [-0.25, -0.2) is 13.4 Å². The van der Waals surface area contributed by atoms with Gasteiger partial charge in [-0.3, -0.25) is 4.72 Å². The van der Waals surface area contributed by atoms with Crippen LogP contribution < -0.4 is 14.5 Å². The van der Waals surface area contributed by atoms with Crippen LogP contribution in [0.15, 0.2) is 89.8 Å². The van der Waals surface area contributed by atoms with E-state index in [-0.39, 0.29) is 10.6 Å². The van der Waals surface area contributed by atoms with Crippen molar-refractivity contribution in [2.75, 3.05) is 42.7 Å². The molecule has 1 aromatic heterocycles. The van der Waals surface area contributed by atoms with Gasteiger partial charge in [-0.05, 0) is 86.5 Å². The molecule has 228 valence electrons. The molecule has 0 spiro atoms. The predicted octanol–water partition coefficient (Wildman–Crippen LogP) is 7.16. The van der Waals surface area contributed by atoms with E-state index in [1.54, 1.807) is 30.3 Å². The molecule has 0 bridgehead atoms. The van der Waals surface area contributed by atoms with Crippen LogP contribution >= 0.6 is 0 Å². The Morgan fingerprint density at radius 1 is 0.795 bits per heavy atom. The van der Waals surface area contributed by atoms with Crippen LogP contribution in [0.25, 0.3) is 33.9 Å². The third-order valence-corrected chi connectivity index (χ3v) is 9.16. The number of rotatable bonds is 9. The summed E-state index contributed by atoms with van der Waals surface area (Å²) >= 11 is 0. The SMILES string of the molecule is CCn1c(-c2cc(C)c(O)c(C)c2)nc(-c2ccc(N(C)C)cc2S(=O)(=O)Nc2ccccc2)c1-c1ccc(N(C)C)cc1. The van der Waals surface area contributed by atoms with Crippen molar-refractivity contribution in [3.8, 4) is 39.7 Å². The molecule has 9 heteroatoms. The zero-order valence-electron chi connectivity index (χ0n) is 26.3.